The first kappa shape index (κ1) is 16.0. The van der Waals surface area contributed by atoms with Gasteiger partial charge in [-0.05, 0) is 38.3 Å². The molecule has 1 aromatic rings. The van der Waals surface area contributed by atoms with Gasteiger partial charge in [-0.3, -0.25) is 19.2 Å². The van der Waals surface area contributed by atoms with Gasteiger partial charge in [-0.1, -0.05) is 0 Å². The number of rotatable bonds is 4. The summed E-state index contributed by atoms with van der Waals surface area (Å²) < 4.78 is 1.62. The minimum atomic E-state index is -0.136. The van der Waals surface area contributed by atoms with Crippen LogP contribution in [0.25, 0.3) is 0 Å². The third-order valence-corrected chi connectivity index (χ3v) is 4.60. The average molecular weight is 319 g/mol. The molecule has 7 nitrogen and oxygen atoms in total. The molecule has 0 saturated carbocycles. The Labute approximate surface area is 136 Å². The number of aromatic nitrogens is 2. The van der Waals surface area contributed by atoms with E-state index < -0.39 is 0 Å². The number of nitrogens with zero attached hydrogens (tertiary/aromatic N) is 4. The van der Waals surface area contributed by atoms with Crippen molar-refractivity contribution >= 4 is 11.8 Å². The van der Waals surface area contributed by atoms with Crippen molar-refractivity contribution in [1.82, 2.24) is 24.9 Å². The fourth-order valence-corrected chi connectivity index (χ4v) is 3.37. The van der Waals surface area contributed by atoms with E-state index in [4.69, 9.17) is 0 Å². The molecule has 7 heteroatoms. The lowest BCUT2D eigenvalue weighted by Gasteiger charge is -2.33. The van der Waals surface area contributed by atoms with Crippen molar-refractivity contribution in [3.8, 4) is 0 Å². The summed E-state index contributed by atoms with van der Waals surface area (Å²) in [5.41, 5.74) is 0.442. The van der Waals surface area contributed by atoms with Crippen molar-refractivity contribution in [3.63, 3.8) is 0 Å². The number of likely N-dealkylation sites (tertiary alicyclic amines) is 2. The molecule has 23 heavy (non-hydrogen) atoms. The lowest BCUT2D eigenvalue weighted by molar-refractivity contribution is -0.131. The van der Waals surface area contributed by atoms with Crippen molar-refractivity contribution in [3.05, 3.63) is 18.0 Å². The Morgan fingerprint density at radius 1 is 1.26 bits per heavy atom. The van der Waals surface area contributed by atoms with E-state index in [2.05, 4.69) is 15.3 Å². The van der Waals surface area contributed by atoms with Gasteiger partial charge < -0.3 is 10.2 Å². The minimum absolute atomic E-state index is 0.0876. The molecule has 0 aliphatic carbocycles. The van der Waals surface area contributed by atoms with Crippen molar-refractivity contribution in [2.45, 2.75) is 31.7 Å². The Hall–Kier alpha value is -1.89. The summed E-state index contributed by atoms with van der Waals surface area (Å²) in [5.74, 6) is 0.0857. The lowest BCUT2D eigenvalue weighted by Crippen LogP contribution is -2.50. The molecule has 0 radical (unpaired) electrons. The molecule has 1 N–H and O–H groups in total. The number of hydrogen-bond acceptors (Lipinski definition) is 4. The molecule has 2 aliphatic heterocycles. The standard InChI is InChI=1S/C16H25N5O2/c1-19-10-6-14(18-19)16(23)17-13-5-4-7-20(11-13)12-15(22)21-8-2-3-9-21/h6,10,13H,2-5,7-9,11-12H2,1H3,(H,17,23). The van der Waals surface area contributed by atoms with Crippen LogP contribution in [0.15, 0.2) is 12.3 Å². The molecule has 0 aromatic carbocycles. The van der Waals surface area contributed by atoms with Crippen molar-refractivity contribution in [2.24, 2.45) is 7.05 Å². The average Bonchev–Trinajstić information content (AvgIpc) is 3.18. The van der Waals surface area contributed by atoms with Gasteiger partial charge in [0.2, 0.25) is 5.91 Å². The second-order valence-electron chi connectivity index (χ2n) is 6.51. The minimum Gasteiger partial charge on any atom is -0.347 e. The highest BCUT2D eigenvalue weighted by Gasteiger charge is 2.26. The van der Waals surface area contributed by atoms with E-state index in [1.165, 1.54) is 0 Å². The van der Waals surface area contributed by atoms with Gasteiger partial charge in [-0.25, -0.2) is 0 Å². The molecule has 2 saturated heterocycles. The zero-order valence-electron chi connectivity index (χ0n) is 13.7. The highest BCUT2D eigenvalue weighted by atomic mass is 16.2. The van der Waals surface area contributed by atoms with Gasteiger partial charge in [0.1, 0.15) is 5.69 Å². The molecule has 3 heterocycles. The van der Waals surface area contributed by atoms with Crippen LogP contribution < -0.4 is 5.32 Å². The summed E-state index contributed by atoms with van der Waals surface area (Å²) in [6.45, 7) is 3.92. The predicted octanol–water partition coefficient (Wildman–Crippen LogP) is 0.237. The van der Waals surface area contributed by atoms with Gasteiger partial charge in [0, 0.05) is 38.9 Å². The second-order valence-corrected chi connectivity index (χ2v) is 6.51. The van der Waals surface area contributed by atoms with Crippen LogP contribution in [0.3, 0.4) is 0 Å². The molecule has 0 spiro atoms. The molecule has 2 aliphatic rings. The summed E-state index contributed by atoms with van der Waals surface area (Å²) in [5, 5.41) is 7.17. The van der Waals surface area contributed by atoms with Gasteiger partial charge in [-0.2, -0.15) is 5.10 Å². The first-order valence-electron chi connectivity index (χ1n) is 8.42. The first-order chi connectivity index (χ1) is 11.1. The van der Waals surface area contributed by atoms with Crippen LogP contribution in [0.2, 0.25) is 0 Å². The summed E-state index contributed by atoms with van der Waals surface area (Å²) in [7, 11) is 1.79. The summed E-state index contributed by atoms with van der Waals surface area (Å²) in [6, 6.07) is 1.80. The monoisotopic (exact) mass is 319 g/mol. The Balaban J connectivity index is 1.49. The number of piperidine rings is 1. The topological polar surface area (TPSA) is 70.5 Å². The maximum Gasteiger partial charge on any atom is 0.272 e. The van der Waals surface area contributed by atoms with Gasteiger partial charge in [0.15, 0.2) is 0 Å². The number of hydrogen-bond donors (Lipinski definition) is 1. The zero-order chi connectivity index (χ0) is 16.2. The van der Waals surface area contributed by atoms with Crippen LogP contribution in [0.5, 0.6) is 0 Å². The summed E-state index contributed by atoms with van der Waals surface area (Å²) in [4.78, 5) is 28.5. The Morgan fingerprint density at radius 2 is 2.04 bits per heavy atom. The largest absolute Gasteiger partial charge is 0.347 e. The molecule has 1 unspecified atom stereocenters. The highest BCUT2D eigenvalue weighted by molar-refractivity contribution is 5.92. The van der Waals surface area contributed by atoms with Crippen molar-refractivity contribution < 1.29 is 9.59 Å². The first-order valence-corrected chi connectivity index (χ1v) is 8.42. The fraction of sp³-hybridized carbons (Fsp3) is 0.688. The predicted molar refractivity (Wildman–Crippen MR) is 86.0 cm³/mol. The smallest absolute Gasteiger partial charge is 0.272 e. The molecule has 1 aromatic heterocycles. The van der Waals surface area contributed by atoms with Crippen LogP contribution >= 0.6 is 0 Å². The van der Waals surface area contributed by atoms with Gasteiger partial charge in [0.05, 0.1) is 6.54 Å². The van der Waals surface area contributed by atoms with Crippen LogP contribution in [-0.4, -0.2) is 70.2 Å². The Kier molecular flexibility index (Phi) is 4.95. The maximum absolute atomic E-state index is 12.3. The normalized spacial score (nSPS) is 22.3. The van der Waals surface area contributed by atoms with Gasteiger partial charge in [-0.15, -0.1) is 0 Å². The number of carbonyl (C=O) groups is 2. The molecular formula is C16H25N5O2. The summed E-state index contributed by atoms with van der Waals surface area (Å²) in [6.07, 6.45) is 5.95. The third-order valence-electron chi connectivity index (χ3n) is 4.60. The Morgan fingerprint density at radius 3 is 2.74 bits per heavy atom. The van der Waals surface area contributed by atoms with Crippen LogP contribution in [0.1, 0.15) is 36.2 Å². The second kappa shape index (κ2) is 7.12. The molecule has 2 amide bonds. The Bertz CT molecular complexity index is 565. The van der Waals surface area contributed by atoms with E-state index in [0.717, 1.165) is 51.9 Å². The van der Waals surface area contributed by atoms with Crippen LogP contribution in [0, 0.1) is 0 Å². The quantitative estimate of drug-likeness (QED) is 0.863. The lowest BCUT2D eigenvalue weighted by atomic mass is 10.1. The van der Waals surface area contributed by atoms with E-state index >= 15 is 0 Å². The van der Waals surface area contributed by atoms with Crippen LogP contribution in [-0.2, 0) is 11.8 Å². The van der Waals surface area contributed by atoms with E-state index in [0.29, 0.717) is 12.2 Å². The number of amides is 2. The van der Waals surface area contributed by atoms with Gasteiger partial charge in [0.25, 0.3) is 5.91 Å². The molecule has 3 rings (SSSR count). The van der Waals surface area contributed by atoms with E-state index in [1.807, 2.05) is 4.90 Å². The van der Waals surface area contributed by atoms with Crippen LogP contribution in [0.4, 0.5) is 0 Å². The van der Waals surface area contributed by atoms with Crippen molar-refractivity contribution in [2.75, 3.05) is 32.7 Å². The van der Waals surface area contributed by atoms with E-state index in [1.54, 1.807) is 24.0 Å². The SMILES string of the molecule is Cn1ccc(C(=O)NC2CCCN(CC(=O)N3CCCC3)C2)n1. The van der Waals surface area contributed by atoms with Crippen molar-refractivity contribution in [1.29, 1.82) is 0 Å². The van der Waals surface area contributed by atoms with Gasteiger partial charge >= 0.3 is 0 Å². The molecule has 1 atom stereocenters. The molecular weight excluding hydrogens is 294 g/mol. The number of aryl methyl sites for hydroxylation is 1. The molecule has 126 valence electrons. The van der Waals surface area contributed by atoms with E-state index in [-0.39, 0.29) is 17.9 Å². The number of nitrogens with one attached hydrogen (secondary N) is 1. The molecule has 2 fully saturated rings. The van der Waals surface area contributed by atoms with E-state index in [9.17, 15) is 9.59 Å². The maximum atomic E-state index is 12.3. The molecule has 0 bridgehead atoms. The fourth-order valence-electron chi connectivity index (χ4n) is 3.37. The third kappa shape index (κ3) is 4.10. The summed E-state index contributed by atoms with van der Waals surface area (Å²) >= 11 is 0. The number of carbonyl (C=O) groups excluding carboxylic acids is 2. The highest BCUT2D eigenvalue weighted by Crippen LogP contribution is 2.13. The zero-order valence-corrected chi connectivity index (χ0v) is 13.7.